The largest absolute Gasteiger partial charge is 0.496 e. The average Bonchev–Trinajstić information content (AvgIpc) is 3.41. The topological polar surface area (TPSA) is 108 Å². The maximum absolute atomic E-state index is 13.7. The van der Waals surface area contributed by atoms with Crippen molar-refractivity contribution in [3.8, 4) is 23.1 Å². The minimum atomic E-state index is -0.856. The van der Waals surface area contributed by atoms with Crippen LogP contribution in [0.4, 0.5) is 5.69 Å². The Morgan fingerprint density at radius 3 is 2.63 bits per heavy atom. The van der Waals surface area contributed by atoms with Crippen LogP contribution in [0.25, 0.3) is 33.5 Å². The number of benzene rings is 3. The molecule has 210 valence electrons. The number of carbonyl (C=O) groups is 1. The SMILES string of the molecule is CCOC(=O)[C@H](C)Oc1cc(N(C)C)ccc1C=Nn1c(-c2cc3c(OC)cccc3o2)nc2ccccc2c1=O. The van der Waals surface area contributed by atoms with Crippen LogP contribution in [0.15, 0.2) is 81.0 Å². The van der Waals surface area contributed by atoms with Gasteiger partial charge in [-0.25, -0.2) is 9.78 Å². The summed E-state index contributed by atoms with van der Waals surface area (Å²) in [6.07, 6.45) is 0.641. The fraction of sp³-hybridized carbons (Fsp3) is 0.226. The molecule has 0 bridgehead atoms. The number of methoxy groups -OCH3 is 1. The number of nitrogens with zero attached hydrogens (tertiary/aromatic N) is 4. The number of ether oxygens (including phenoxy) is 3. The second-order valence-corrected chi connectivity index (χ2v) is 9.43. The minimum Gasteiger partial charge on any atom is -0.496 e. The van der Waals surface area contributed by atoms with Crippen LogP contribution in [-0.2, 0) is 9.53 Å². The lowest BCUT2D eigenvalue weighted by Crippen LogP contribution is -2.26. The number of hydrogen-bond acceptors (Lipinski definition) is 9. The Kier molecular flexibility index (Phi) is 7.73. The third-order valence-electron chi connectivity index (χ3n) is 6.46. The van der Waals surface area contributed by atoms with E-state index in [0.717, 1.165) is 11.1 Å². The predicted molar refractivity (Wildman–Crippen MR) is 158 cm³/mol. The number of aromatic nitrogens is 2. The molecule has 2 aromatic heterocycles. The van der Waals surface area contributed by atoms with E-state index in [1.807, 2.05) is 49.3 Å². The maximum Gasteiger partial charge on any atom is 0.347 e. The summed E-state index contributed by atoms with van der Waals surface area (Å²) in [5.74, 6) is 1.12. The number of carbonyl (C=O) groups excluding carboxylic acids is 1. The lowest BCUT2D eigenvalue weighted by atomic mass is 10.2. The van der Waals surface area contributed by atoms with E-state index in [0.29, 0.717) is 39.3 Å². The van der Waals surface area contributed by atoms with Crippen LogP contribution in [0.5, 0.6) is 11.5 Å². The molecule has 5 rings (SSSR count). The van der Waals surface area contributed by atoms with Crippen LogP contribution < -0.4 is 19.9 Å². The Morgan fingerprint density at radius 1 is 1.07 bits per heavy atom. The van der Waals surface area contributed by atoms with Gasteiger partial charge < -0.3 is 23.5 Å². The molecule has 0 aliphatic heterocycles. The molecule has 10 nitrogen and oxygen atoms in total. The summed E-state index contributed by atoms with van der Waals surface area (Å²) >= 11 is 0. The van der Waals surface area contributed by atoms with E-state index in [-0.39, 0.29) is 18.0 Å². The molecule has 0 amide bonds. The molecule has 0 radical (unpaired) electrons. The van der Waals surface area contributed by atoms with E-state index in [4.69, 9.17) is 23.6 Å². The second-order valence-electron chi connectivity index (χ2n) is 9.43. The number of esters is 1. The predicted octanol–water partition coefficient (Wildman–Crippen LogP) is 5.10. The summed E-state index contributed by atoms with van der Waals surface area (Å²) < 4.78 is 23.9. The van der Waals surface area contributed by atoms with Gasteiger partial charge in [0.2, 0.25) is 5.82 Å². The highest BCUT2D eigenvalue weighted by Crippen LogP contribution is 2.33. The first-order chi connectivity index (χ1) is 19.8. The minimum absolute atomic E-state index is 0.218. The molecule has 0 fully saturated rings. The van der Waals surface area contributed by atoms with Crippen molar-refractivity contribution in [1.82, 2.24) is 9.66 Å². The molecule has 10 heteroatoms. The molecule has 0 aliphatic carbocycles. The normalized spacial score (nSPS) is 12.1. The van der Waals surface area contributed by atoms with Crippen LogP contribution in [0.3, 0.4) is 0 Å². The van der Waals surface area contributed by atoms with Crippen molar-refractivity contribution < 1.29 is 23.4 Å². The van der Waals surface area contributed by atoms with Gasteiger partial charge in [-0.1, -0.05) is 18.2 Å². The Labute approximate surface area is 236 Å². The molecule has 0 saturated carbocycles. The molecule has 0 N–H and O–H groups in total. The summed E-state index contributed by atoms with van der Waals surface area (Å²) in [4.78, 5) is 32.6. The van der Waals surface area contributed by atoms with Crippen molar-refractivity contribution in [1.29, 1.82) is 0 Å². The molecule has 3 aromatic carbocycles. The molecule has 41 heavy (non-hydrogen) atoms. The fourth-order valence-electron chi connectivity index (χ4n) is 4.34. The third-order valence-corrected chi connectivity index (χ3v) is 6.46. The Balaban J connectivity index is 1.65. The maximum atomic E-state index is 13.7. The van der Waals surface area contributed by atoms with Crippen LogP contribution in [0.1, 0.15) is 19.4 Å². The zero-order valence-electron chi connectivity index (χ0n) is 23.5. The van der Waals surface area contributed by atoms with E-state index in [2.05, 4.69) is 5.10 Å². The summed E-state index contributed by atoms with van der Waals surface area (Å²) in [5, 5.41) is 5.70. The second kappa shape index (κ2) is 11.5. The van der Waals surface area contributed by atoms with Gasteiger partial charge in [0.1, 0.15) is 17.1 Å². The van der Waals surface area contributed by atoms with Gasteiger partial charge in [0, 0.05) is 31.4 Å². The molecule has 0 spiro atoms. The molecule has 1 atom stereocenters. The van der Waals surface area contributed by atoms with Gasteiger partial charge in [0.05, 0.1) is 36.2 Å². The van der Waals surface area contributed by atoms with Gasteiger partial charge in [-0.3, -0.25) is 4.79 Å². The van der Waals surface area contributed by atoms with Gasteiger partial charge in [-0.05, 0) is 56.3 Å². The first-order valence-corrected chi connectivity index (χ1v) is 13.1. The molecular weight excluding hydrogens is 524 g/mol. The quantitative estimate of drug-likeness (QED) is 0.183. The highest BCUT2D eigenvalue weighted by atomic mass is 16.6. The van der Waals surface area contributed by atoms with Crippen molar-refractivity contribution in [3.05, 3.63) is 82.6 Å². The van der Waals surface area contributed by atoms with E-state index < -0.39 is 12.1 Å². The lowest BCUT2D eigenvalue weighted by Gasteiger charge is -2.18. The van der Waals surface area contributed by atoms with Crippen molar-refractivity contribution in [2.45, 2.75) is 20.0 Å². The molecule has 2 heterocycles. The van der Waals surface area contributed by atoms with E-state index >= 15 is 0 Å². The third kappa shape index (κ3) is 5.49. The number of hydrogen-bond donors (Lipinski definition) is 0. The molecular formula is C31H30N4O6. The van der Waals surface area contributed by atoms with E-state index in [9.17, 15) is 9.59 Å². The zero-order chi connectivity index (χ0) is 29.1. The molecule has 0 aliphatic rings. The van der Waals surface area contributed by atoms with Crippen LogP contribution in [0.2, 0.25) is 0 Å². The highest BCUT2D eigenvalue weighted by molar-refractivity contribution is 5.89. The Hall–Kier alpha value is -5.12. The van der Waals surface area contributed by atoms with E-state index in [1.54, 1.807) is 57.4 Å². The molecule has 0 saturated heterocycles. The van der Waals surface area contributed by atoms with Crippen molar-refractivity contribution in [2.75, 3.05) is 32.7 Å². The summed E-state index contributed by atoms with van der Waals surface area (Å²) in [6, 6.07) is 19.8. The average molecular weight is 555 g/mol. The molecule has 0 unspecified atom stereocenters. The monoisotopic (exact) mass is 554 g/mol. The summed E-state index contributed by atoms with van der Waals surface area (Å²) in [5.41, 5.74) is 2.12. The highest BCUT2D eigenvalue weighted by Gasteiger charge is 2.20. The summed E-state index contributed by atoms with van der Waals surface area (Å²) in [6.45, 7) is 3.60. The number of rotatable bonds is 9. The van der Waals surface area contributed by atoms with Gasteiger partial charge >= 0.3 is 5.97 Å². The Morgan fingerprint density at radius 2 is 1.88 bits per heavy atom. The standard InChI is InChI=1S/C31H30N4O6/c1-6-39-31(37)19(2)40-27-16-21(34(3)4)15-14-20(27)18-32-35-29(33-24-11-8-7-10-22(24)30(35)36)28-17-23-25(38-5)12-9-13-26(23)41-28/h7-19H,6H2,1-5H3/t19-/m0/s1. The van der Waals surface area contributed by atoms with Crippen molar-refractivity contribution in [3.63, 3.8) is 0 Å². The van der Waals surface area contributed by atoms with Gasteiger partial charge in [0.15, 0.2) is 11.9 Å². The summed E-state index contributed by atoms with van der Waals surface area (Å²) in [7, 11) is 5.38. The number of furan rings is 1. The first-order valence-electron chi connectivity index (χ1n) is 13.1. The number of fused-ring (bicyclic) bond motifs is 2. The number of anilines is 1. The van der Waals surface area contributed by atoms with Gasteiger partial charge in [-0.2, -0.15) is 9.78 Å². The van der Waals surface area contributed by atoms with Crippen molar-refractivity contribution in [2.24, 2.45) is 5.10 Å². The van der Waals surface area contributed by atoms with Crippen LogP contribution >= 0.6 is 0 Å². The fourth-order valence-corrected chi connectivity index (χ4v) is 4.34. The molecule has 5 aromatic rings. The van der Waals surface area contributed by atoms with Crippen molar-refractivity contribution >= 4 is 39.7 Å². The van der Waals surface area contributed by atoms with Crippen LogP contribution in [0, 0.1) is 0 Å². The Bertz CT molecular complexity index is 1820. The smallest absolute Gasteiger partial charge is 0.347 e. The van der Waals surface area contributed by atoms with Gasteiger partial charge in [0.25, 0.3) is 5.56 Å². The van der Waals surface area contributed by atoms with Crippen LogP contribution in [-0.4, -0.2) is 55.8 Å². The van der Waals surface area contributed by atoms with E-state index in [1.165, 1.54) is 10.9 Å². The lowest BCUT2D eigenvalue weighted by molar-refractivity contribution is -0.150. The van der Waals surface area contributed by atoms with Gasteiger partial charge in [-0.15, -0.1) is 0 Å². The zero-order valence-corrected chi connectivity index (χ0v) is 23.5. The first kappa shape index (κ1) is 27.4. The number of para-hydroxylation sites is 1.